The molecule has 2 N–H and O–H groups in total. The van der Waals surface area contributed by atoms with Crippen molar-refractivity contribution in [2.24, 2.45) is 0 Å². The number of aliphatic hydroxyl groups excluding tert-OH is 1. The molecule has 1 saturated carbocycles. The molecule has 1 heterocycles. The first-order chi connectivity index (χ1) is 12.2. The van der Waals surface area contributed by atoms with Crippen LogP contribution in [0.5, 0.6) is 0 Å². The molecule has 1 unspecified atom stereocenters. The molecule has 1 fully saturated rings. The van der Waals surface area contributed by atoms with Crippen molar-refractivity contribution in [3.05, 3.63) is 51.2 Å². The minimum Gasteiger partial charge on any atom is -0.388 e. The number of hydrogen-bond acceptors (Lipinski definition) is 4. The zero-order chi connectivity index (χ0) is 18.9. The van der Waals surface area contributed by atoms with Crippen LogP contribution < -0.4 is 4.72 Å². The maximum atomic E-state index is 12.9. The van der Waals surface area contributed by atoms with Crippen LogP contribution in [0.4, 0.5) is 0 Å². The van der Waals surface area contributed by atoms with Gasteiger partial charge < -0.3 is 5.11 Å². The Bertz CT molecular complexity index is 878. The van der Waals surface area contributed by atoms with Crippen LogP contribution in [0.2, 0.25) is 0 Å². The van der Waals surface area contributed by atoms with Crippen molar-refractivity contribution in [3.8, 4) is 0 Å². The van der Waals surface area contributed by atoms with E-state index in [2.05, 4.69) is 10.8 Å². The second-order valence-electron chi connectivity index (χ2n) is 7.46. The van der Waals surface area contributed by atoms with Gasteiger partial charge in [-0.15, -0.1) is 11.3 Å². The summed E-state index contributed by atoms with van der Waals surface area (Å²) in [7, 11) is -3.55. The quantitative estimate of drug-likeness (QED) is 0.773. The Morgan fingerprint density at radius 2 is 1.88 bits per heavy atom. The summed E-state index contributed by atoms with van der Waals surface area (Å²) in [5.41, 5.74) is 1.66. The number of benzene rings is 1. The molecule has 1 atom stereocenters. The first kappa shape index (κ1) is 19.5. The highest BCUT2D eigenvalue weighted by Gasteiger charge is 2.38. The Hall–Kier alpha value is -1.21. The van der Waals surface area contributed by atoms with Crippen molar-refractivity contribution in [3.63, 3.8) is 0 Å². The molecule has 0 amide bonds. The van der Waals surface area contributed by atoms with E-state index < -0.39 is 16.1 Å². The topological polar surface area (TPSA) is 66.4 Å². The van der Waals surface area contributed by atoms with Gasteiger partial charge in [0, 0.05) is 21.7 Å². The maximum Gasteiger partial charge on any atom is 0.240 e. The van der Waals surface area contributed by atoms with Gasteiger partial charge in [-0.05, 0) is 57.4 Å². The van der Waals surface area contributed by atoms with Gasteiger partial charge in [-0.3, -0.25) is 0 Å². The van der Waals surface area contributed by atoms with Crippen LogP contribution in [0.1, 0.15) is 59.6 Å². The summed E-state index contributed by atoms with van der Waals surface area (Å²) in [5.74, 6) is 0. The molecule has 0 radical (unpaired) electrons. The van der Waals surface area contributed by atoms with Crippen LogP contribution in [-0.4, -0.2) is 20.1 Å². The summed E-state index contributed by atoms with van der Waals surface area (Å²) >= 11 is 1.60. The summed E-state index contributed by atoms with van der Waals surface area (Å²) in [6.07, 6.45) is 3.67. The Kier molecular flexibility index (Phi) is 5.58. The average molecular weight is 394 g/mol. The molecule has 6 heteroatoms. The number of sulfonamides is 1. The largest absolute Gasteiger partial charge is 0.388 e. The van der Waals surface area contributed by atoms with Gasteiger partial charge in [0.2, 0.25) is 10.0 Å². The van der Waals surface area contributed by atoms with Crippen LogP contribution in [-0.2, 0) is 15.4 Å². The predicted molar refractivity (Wildman–Crippen MR) is 106 cm³/mol. The van der Waals surface area contributed by atoms with Gasteiger partial charge in [-0.1, -0.05) is 30.5 Å². The number of aryl methyl sites for hydroxylation is 2. The summed E-state index contributed by atoms with van der Waals surface area (Å²) in [6.45, 7) is 5.96. The molecular formula is C20H27NO3S2. The Morgan fingerprint density at radius 1 is 1.19 bits per heavy atom. The van der Waals surface area contributed by atoms with Crippen molar-refractivity contribution in [2.45, 2.75) is 62.9 Å². The Labute approximate surface area is 160 Å². The fourth-order valence-electron chi connectivity index (χ4n) is 3.84. The van der Waals surface area contributed by atoms with E-state index in [1.165, 1.54) is 4.88 Å². The minimum atomic E-state index is -3.55. The van der Waals surface area contributed by atoms with Crippen molar-refractivity contribution in [1.29, 1.82) is 0 Å². The van der Waals surface area contributed by atoms with Crippen LogP contribution in [0.3, 0.4) is 0 Å². The summed E-state index contributed by atoms with van der Waals surface area (Å²) in [6, 6.07) is 9.44. The molecule has 1 aliphatic rings. The van der Waals surface area contributed by atoms with E-state index in [0.717, 1.165) is 41.7 Å². The Balaban J connectivity index is 1.84. The van der Waals surface area contributed by atoms with Gasteiger partial charge in [0.25, 0.3) is 0 Å². The minimum absolute atomic E-state index is 0.163. The highest BCUT2D eigenvalue weighted by Crippen LogP contribution is 2.44. The summed E-state index contributed by atoms with van der Waals surface area (Å²) < 4.78 is 28.6. The van der Waals surface area contributed by atoms with Gasteiger partial charge in [0.1, 0.15) is 0 Å². The van der Waals surface area contributed by atoms with Gasteiger partial charge in [-0.25, -0.2) is 13.1 Å². The van der Waals surface area contributed by atoms with Crippen LogP contribution in [0, 0.1) is 13.8 Å². The molecule has 3 rings (SSSR count). The van der Waals surface area contributed by atoms with Crippen LogP contribution >= 0.6 is 11.3 Å². The first-order valence-electron chi connectivity index (χ1n) is 9.09. The van der Waals surface area contributed by atoms with E-state index >= 15 is 0 Å². The first-order valence-corrected chi connectivity index (χ1v) is 11.4. The molecular weight excluding hydrogens is 366 g/mol. The lowest BCUT2D eigenvalue weighted by Crippen LogP contribution is -2.38. The van der Waals surface area contributed by atoms with Crippen molar-refractivity contribution in [1.82, 2.24) is 4.72 Å². The molecule has 1 aliphatic carbocycles. The third-order valence-corrected chi connectivity index (χ3v) is 8.41. The van der Waals surface area contributed by atoms with Crippen molar-refractivity contribution >= 4 is 21.4 Å². The summed E-state index contributed by atoms with van der Waals surface area (Å²) in [5, 5.41) is 9.82. The smallest absolute Gasteiger partial charge is 0.240 e. The maximum absolute atomic E-state index is 12.9. The van der Waals surface area contributed by atoms with E-state index in [4.69, 9.17) is 0 Å². The zero-order valence-corrected chi connectivity index (χ0v) is 17.2. The Morgan fingerprint density at radius 3 is 2.46 bits per heavy atom. The molecule has 1 aromatic carbocycles. The molecule has 0 saturated heterocycles. The monoisotopic (exact) mass is 393 g/mol. The molecule has 0 aliphatic heterocycles. The number of nitrogens with one attached hydrogen (secondary N) is 1. The van der Waals surface area contributed by atoms with E-state index in [0.29, 0.717) is 11.4 Å². The molecule has 4 nitrogen and oxygen atoms in total. The zero-order valence-electron chi connectivity index (χ0n) is 15.6. The normalized spacial score (nSPS) is 18.2. The fraction of sp³-hybridized carbons (Fsp3) is 0.500. The summed E-state index contributed by atoms with van der Waals surface area (Å²) in [4.78, 5) is 2.46. The standard InChI is InChI=1S/C20H27NO3S2/c1-14-6-8-18(15(2)12-14)26(23,24)21-13-20(10-4-5-11-20)19-9-7-17(25-19)16(3)22/h6-9,12,16,21-22H,4-5,10-11,13H2,1-3H3. The molecule has 142 valence electrons. The van der Waals surface area contributed by atoms with Crippen molar-refractivity contribution < 1.29 is 13.5 Å². The highest BCUT2D eigenvalue weighted by atomic mass is 32.2. The lowest BCUT2D eigenvalue weighted by Gasteiger charge is -2.28. The van der Waals surface area contributed by atoms with Gasteiger partial charge in [0.05, 0.1) is 11.0 Å². The second kappa shape index (κ2) is 7.43. The van der Waals surface area contributed by atoms with Crippen LogP contribution in [0.15, 0.2) is 35.2 Å². The number of hydrogen-bond donors (Lipinski definition) is 2. The van der Waals surface area contributed by atoms with Crippen LogP contribution in [0.25, 0.3) is 0 Å². The third-order valence-electron chi connectivity index (χ3n) is 5.34. The van der Waals surface area contributed by atoms with Gasteiger partial charge in [-0.2, -0.15) is 0 Å². The van der Waals surface area contributed by atoms with E-state index in [1.54, 1.807) is 24.3 Å². The number of thiophene rings is 1. The SMILES string of the molecule is Cc1ccc(S(=O)(=O)NCC2(c3ccc(C(C)O)s3)CCCC2)c(C)c1. The average Bonchev–Trinajstić information content (AvgIpc) is 3.23. The van der Waals surface area contributed by atoms with E-state index in [-0.39, 0.29) is 5.41 Å². The lowest BCUT2D eigenvalue weighted by atomic mass is 9.85. The molecule has 26 heavy (non-hydrogen) atoms. The predicted octanol–water partition coefficient (Wildman–Crippen LogP) is 4.21. The molecule has 2 aromatic rings. The highest BCUT2D eigenvalue weighted by molar-refractivity contribution is 7.89. The fourth-order valence-corrected chi connectivity index (χ4v) is 6.38. The van der Waals surface area contributed by atoms with Gasteiger partial charge in [0.15, 0.2) is 0 Å². The van der Waals surface area contributed by atoms with E-state index in [9.17, 15) is 13.5 Å². The molecule has 0 spiro atoms. The third kappa shape index (κ3) is 3.88. The number of aliphatic hydroxyl groups is 1. The van der Waals surface area contributed by atoms with Crippen molar-refractivity contribution in [2.75, 3.05) is 6.54 Å². The molecule has 1 aromatic heterocycles. The van der Waals surface area contributed by atoms with Gasteiger partial charge >= 0.3 is 0 Å². The molecule has 0 bridgehead atoms. The number of rotatable bonds is 6. The second-order valence-corrected chi connectivity index (χ2v) is 10.3. The van der Waals surface area contributed by atoms with E-state index in [1.807, 2.05) is 32.0 Å². The lowest BCUT2D eigenvalue weighted by molar-refractivity contribution is 0.203.